The average molecular weight is 383 g/mol. The molecule has 148 valence electrons. The van der Waals surface area contributed by atoms with Gasteiger partial charge in [0.05, 0.1) is 17.8 Å². The first-order chi connectivity index (χ1) is 13.6. The fourth-order valence-electron chi connectivity index (χ4n) is 4.22. The number of halogens is 1. The highest BCUT2D eigenvalue weighted by molar-refractivity contribution is 5.93. The number of rotatable bonds is 4. The van der Waals surface area contributed by atoms with Crippen LogP contribution in [0, 0.1) is 5.82 Å². The van der Waals surface area contributed by atoms with Crippen LogP contribution in [0.4, 0.5) is 4.39 Å². The molecule has 3 N–H and O–H groups in total. The number of aliphatic hydroxyl groups excluding tert-OH is 1. The van der Waals surface area contributed by atoms with Crippen molar-refractivity contribution in [2.24, 2.45) is 0 Å². The molecule has 0 spiro atoms. The number of fused-ring (bicyclic) bond motifs is 1. The van der Waals surface area contributed by atoms with Gasteiger partial charge in [0, 0.05) is 6.54 Å². The van der Waals surface area contributed by atoms with Gasteiger partial charge in [0.2, 0.25) is 0 Å². The Morgan fingerprint density at radius 2 is 2.14 bits per heavy atom. The van der Waals surface area contributed by atoms with Crippen LogP contribution < -0.4 is 10.6 Å². The molecule has 2 aromatic rings. The molecule has 0 radical (unpaired) electrons. The number of pyridine rings is 1. The zero-order valence-electron chi connectivity index (χ0n) is 15.9. The van der Waals surface area contributed by atoms with Gasteiger partial charge in [-0.05, 0) is 67.1 Å². The molecule has 6 heteroatoms. The van der Waals surface area contributed by atoms with Crippen molar-refractivity contribution in [2.75, 3.05) is 6.54 Å². The second-order valence-electron chi connectivity index (χ2n) is 7.76. The van der Waals surface area contributed by atoms with Crippen molar-refractivity contribution in [1.29, 1.82) is 0 Å². The monoisotopic (exact) mass is 383 g/mol. The molecule has 1 aliphatic heterocycles. The van der Waals surface area contributed by atoms with E-state index >= 15 is 0 Å². The summed E-state index contributed by atoms with van der Waals surface area (Å²) in [6.07, 6.45) is 4.42. The molecule has 0 bridgehead atoms. The van der Waals surface area contributed by atoms with E-state index in [0.717, 1.165) is 61.0 Å². The maximum atomic E-state index is 13.6. The Hall–Kier alpha value is -2.31. The van der Waals surface area contributed by atoms with E-state index in [1.54, 1.807) is 6.07 Å². The number of nitrogens with one attached hydrogen (secondary N) is 2. The number of nitrogens with zero attached hydrogens (tertiary/aromatic N) is 1. The molecule has 5 nitrogen and oxygen atoms in total. The molecular weight excluding hydrogens is 357 g/mol. The lowest BCUT2D eigenvalue weighted by Crippen LogP contribution is -2.45. The highest BCUT2D eigenvalue weighted by Gasteiger charge is 2.26. The van der Waals surface area contributed by atoms with Crippen LogP contribution in [-0.2, 0) is 19.4 Å². The van der Waals surface area contributed by atoms with Crippen LogP contribution in [0.15, 0.2) is 30.3 Å². The zero-order valence-corrected chi connectivity index (χ0v) is 15.9. The minimum Gasteiger partial charge on any atom is -0.391 e. The summed E-state index contributed by atoms with van der Waals surface area (Å²) in [5, 5.41) is 16.4. The topological polar surface area (TPSA) is 74.2 Å². The molecule has 4 rings (SSSR count). The summed E-state index contributed by atoms with van der Waals surface area (Å²) in [5.74, 6) is -0.508. The molecule has 0 unspecified atom stereocenters. The molecule has 0 saturated heterocycles. The van der Waals surface area contributed by atoms with Gasteiger partial charge in [0.1, 0.15) is 11.5 Å². The highest BCUT2D eigenvalue weighted by Crippen LogP contribution is 2.23. The van der Waals surface area contributed by atoms with Crippen molar-refractivity contribution in [1.82, 2.24) is 15.6 Å². The van der Waals surface area contributed by atoms with Crippen LogP contribution in [0.2, 0.25) is 0 Å². The molecule has 28 heavy (non-hydrogen) atoms. The van der Waals surface area contributed by atoms with E-state index in [4.69, 9.17) is 0 Å². The smallest absolute Gasteiger partial charge is 0.270 e. The van der Waals surface area contributed by atoms with Gasteiger partial charge in [-0.1, -0.05) is 25.0 Å². The molecule has 1 aliphatic carbocycles. The number of aromatic nitrogens is 1. The fourth-order valence-corrected chi connectivity index (χ4v) is 4.22. The second kappa shape index (κ2) is 8.37. The van der Waals surface area contributed by atoms with Crippen molar-refractivity contribution >= 4 is 5.91 Å². The van der Waals surface area contributed by atoms with E-state index in [0.29, 0.717) is 18.7 Å². The first kappa shape index (κ1) is 19.0. The Labute approximate surface area is 164 Å². The van der Waals surface area contributed by atoms with Crippen molar-refractivity contribution < 1.29 is 14.3 Å². The quantitative estimate of drug-likeness (QED) is 0.758. The third-order valence-electron chi connectivity index (χ3n) is 5.71. The molecule has 1 aromatic carbocycles. The van der Waals surface area contributed by atoms with Crippen molar-refractivity contribution in [3.8, 4) is 0 Å². The van der Waals surface area contributed by atoms with Crippen LogP contribution in [0.1, 0.15) is 58.6 Å². The van der Waals surface area contributed by atoms with E-state index in [1.165, 1.54) is 12.1 Å². The van der Waals surface area contributed by atoms with Gasteiger partial charge in [0.15, 0.2) is 0 Å². The largest absolute Gasteiger partial charge is 0.391 e. The second-order valence-corrected chi connectivity index (χ2v) is 7.76. The molecule has 1 amide bonds. The van der Waals surface area contributed by atoms with E-state index in [1.807, 2.05) is 12.1 Å². The van der Waals surface area contributed by atoms with Crippen molar-refractivity contribution in [3.05, 3.63) is 64.2 Å². The van der Waals surface area contributed by atoms with Crippen LogP contribution in [-0.4, -0.2) is 34.7 Å². The third-order valence-corrected chi connectivity index (χ3v) is 5.71. The van der Waals surface area contributed by atoms with Gasteiger partial charge in [-0.2, -0.15) is 0 Å². The molecule has 2 aliphatic rings. The molecule has 2 heterocycles. The number of hydrogen-bond donors (Lipinski definition) is 3. The van der Waals surface area contributed by atoms with E-state index in [2.05, 4.69) is 15.6 Å². The zero-order chi connectivity index (χ0) is 19.5. The summed E-state index contributed by atoms with van der Waals surface area (Å²) in [4.78, 5) is 17.4. The number of amides is 1. The van der Waals surface area contributed by atoms with Gasteiger partial charge in [0.25, 0.3) is 5.91 Å². The number of carbonyl (C=O) groups excluding carboxylic acids is 1. The molecule has 1 fully saturated rings. The predicted octanol–water partition coefficient (Wildman–Crippen LogP) is 2.49. The van der Waals surface area contributed by atoms with Crippen LogP contribution in [0.5, 0.6) is 0 Å². The normalized spacial score (nSPS) is 21.8. The van der Waals surface area contributed by atoms with Gasteiger partial charge in [-0.3, -0.25) is 4.79 Å². The van der Waals surface area contributed by atoms with Gasteiger partial charge < -0.3 is 15.7 Å². The Kier molecular flexibility index (Phi) is 5.69. The van der Waals surface area contributed by atoms with E-state index in [-0.39, 0.29) is 17.8 Å². The van der Waals surface area contributed by atoms with Crippen LogP contribution >= 0.6 is 0 Å². The van der Waals surface area contributed by atoms with E-state index in [9.17, 15) is 14.3 Å². The molecule has 1 saturated carbocycles. The maximum absolute atomic E-state index is 13.6. The SMILES string of the molecule is O=C(N[C@H]1CCCC[C@@H]1O)c1cc(Cc2cccc(F)c2)c2c(n1)CNCC2. The minimum atomic E-state index is -0.497. The lowest BCUT2D eigenvalue weighted by Gasteiger charge is -2.28. The number of aliphatic hydroxyl groups is 1. The maximum Gasteiger partial charge on any atom is 0.270 e. The minimum absolute atomic E-state index is 0.219. The fraction of sp³-hybridized carbons (Fsp3) is 0.455. The summed E-state index contributed by atoms with van der Waals surface area (Å²) < 4.78 is 13.6. The lowest BCUT2D eigenvalue weighted by atomic mass is 9.92. The van der Waals surface area contributed by atoms with E-state index < -0.39 is 6.10 Å². The van der Waals surface area contributed by atoms with Crippen LogP contribution in [0.3, 0.4) is 0 Å². The van der Waals surface area contributed by atoms with Crippen molar-refractivity contribution in [2.45, 2.75) is 57.2 Å². The summed E-state index contributed by atoms with van der Waals surface area (Å²) in [5.41, 5.74) is 4.30. The van der Waals surface area contributed by atoms with Gasteiger partial charge >= 0.3 is 0 Å². The Balaban J connectivity index is 1.61. The third kappa shape index (κ3) is 4.23. The summed E-state index contributed by atoms with van der Waals surface area (Å²) >= 11 is 0. The van der Waals surface area contributed by atoms with Gasteiger partial charge in [-0.25, -0.2) is 9.37 Å². The number of benzene rings is 1. The summed E-state index contributed by atoms with van der Waals surface area (Å²) in [6.45, 7) is 1.49. The first-order valence-electron chi connectivity index (χ1n) is 10.1. The standard InChI is InChI=1S/C22H26FN3O2/c23-16-5-3-4-14(11-16)10-15-12-19(25-20-13-24-9-8-17(15)20)22(28)26-18-6-1-2-7-21(18)27/h3-5,11-12,18,21,24,27H,1-2,6-10,13H2,(H,26,28)/t18-,21-/m0/s1. The highest BCUT2D eigenvalue weighted by atomic mass is 19.1. The van der Waals surface area contributed by atoms with Crippen molar-refractivity contribution in [3.63, 3.8) is 0 Å². The number of hydrogen-bond acceptors (Lipinski definition) is 4. The average Bonchev–Trinajstić information content (AvgIpc) is 2.69. The van der Waals surface area contributed by atoms with Crippen LogP contribution in [0.25, 0.3) is 0 Å². The molecule has 2 atom stereocenters. The summed E-state index contributed by atoms with van der Waals surface area (Å²) in [6, 6.07) is 8.19. The molecular formula is C22H26FN3O2. The Bertz CT molecular complexity index is 871. The van der Waals surface area contributed by atoms with Gasteiger partial charge in [-0.15, -0.1) is 0 Å². The Morgan fingerprint density at radius 3 is 2.96 bits per heavy atom. The Morgan fingerprint density at radius 1 is 1.29 bits per heavy atom. The lowest BCUT2D eigenvalue weighted by molar-refractivity contribution is 0.0713. The molecule has 1 aromatic heterocycles. The number of carbonyl (C=O) groups is 1. The summed E-state index contributed by atoms with van der Waals surface area (Å²) in [7, 11) is 0. The first-order valence-corrected chi connectivity index (χ1v) is 10.1. The predicted molar refractivity (Wildman–Crippen MR) is 105 cm³/mol.